The van der Waals surface area contributed by atoms with E-state index in [0.717, 1.165) is 28.9 Å². The Bertz CT molecular complexity index is 1060. The Morgan fingerprint density at radius 2 is 1.79 bits per heavy atom. The third-order valence-electron chi connectivity index (χ3n) is 4.52. The number of halogens is 1. The number of aliphatic imine (C=N–C) groups is 1. The van der Waals surface area contributed by atoms with Gasteiger partial charge in [0.1, 0.15) is 0 Å². The highest BCUT2D eigenvalue weighted by Crippen LogP contribution is 2.25. The van der Waals surface area contributed by atoms with Crippen LogP contribution in [0.15, 0.2) is 56.7 Å². The van der Waals surface area contributed by atoms with E-state index in [4.69, 9.17) is 0 Å². The molecular formula is C21H23BrN4O2. The van der Waals surface area contributed by atoms with Crippen LogP contribution in [0.1, 0.15) is 5.56 Å². The summed E-state index contributed by atoms with van der Waals surface area (Å²) in [6, 6.07) is 13.2. The third kappa shape index (κ3) is 4.61. The number of anilines is 1. The molecule has 1 aromatic heterocycles. The minimum Gasteiger partial charge on any atom is -0.494 e. The smallest absolute Gasteiger partial charge is 0.258 e. The molecule has 28 heavy (non-hydrogen) atoms. The van der Waals surface area contributed by atoms with Gasteiger partial charge in [-0.3, -0.25) is 14.8 Å². The number of aromatic amines is 1. The summed E-state index contributed by atoms with van der Waals surface area (Å²) in [4.78, 5) is 23.3. The Morgan fingerprint density at radius 3 is 2.46 bits per heavy atom. The van der Waals surface area contributed by atoms with Crippen molar-refractivity contribution in [2.24, 2.45) is 4.99 Å². The number of hydrogen-bond donors (Lipinski definition) is 2. The van der Waals surface area contributed by atoms with Crippen molar-refractivity contribution in [3.05, 3.63) is 62.9 Å². The molecule has 0 radical (unpaired) electrons. The van der Waals surface area contributed by atoms with E-state index >= 15 is 0 Å². The standard InChI is InChI=1S/C21H23BrN4O2/c1-25(2)10-11-26(3)16-7-5-15(6-8-16)23-13-19-18-12-14(22)4-9-17(18)20(27)24-21(19)28/h4-9,12-13H,10-11H2,1-3H3,(H2,24,27,28). The maximum atomic E-state index is 12.1. The molecular weight excluding hydrogens is 420 g/mol. The van der Waals surface area contributed by atoms with Crippen molar-refractivity contribution in [2.45, 2.75) is 0 Å². The molecule has 6 nitrogen and oxygen atoms in total. The average Bonchev–Trinajstić information content (AvgIpc) is 2.66. The number of H-pyrrole nitrogens is 1. The van der Waals surface area contributed by atoms with Crippen LogP contribution in [0.2, 0.25) is 0 Å². The molecule has 0 spiro atoms. The maximum Gasteiger partial charge on any atom is 0.258 e. The van der Waals surface area contributed by atoms with Crippen LogP contribution in [0.5, 0.6) is 5.88 Å². The van der Waals surface area contributed by atoms with Crippen LogP contribution in [0.25, 0.3) is 10.8 Å². The van der Waals surface area contributed by atoms with Gasteiger partial charge in [0.15, 0.2) is 0 Å². The first-order valence-corrected chi connectivity index (χ1v) is 9.69. The van der Waals surface area contributed by atoms with Crippen LogP contribution in [0, 0.1) is 0 Å². The molecule has 0 amide bonds. The number of likely N-dealkylation sites (N-methyl/N-ethyl adjacent to an activating group) is 2. The zero-order valence-electron chi connectivity index (χ0n) is 16.1. The van der Waals surface area contributed by atoms with Gasteiger partial charge < -0.3 is 14.9 Å². The zero-order valence-corrected chi connectivity index (χ0v) is 17.7. The number of aromatic nitrogens is 1. The highest BCUT2D eigenvalue weighted by molar-refractivity contribution is 9.10. The van der Waals surface area contributed by atoms with E-state index < -0.39 is 0 Å². The Hall–Kier alpha value is -2.64. The molecule has 0 aliphatic heterocycles. The molecule has 0 saturated carbocycles. The van der Waals surface area contributed by atoms with Crippen LogP contribution < -0.4 is 10.5 Å². The quantitative estimate of drug-likeness (QED) is 0.570. The molecule has 0 bridgehead atoms. The number of pyridine rings is 1. The van der Waals surface area contributed by atoms with Gasteiger partial charge in [-0.1, -0.05) is 15.9 Å². The van der Waals surface area contributed by atoms with Crippen LogP contribution >= 0.6 is 15.9 Å². The largest absolute Gasteiger partial charge is 0.494 e. The van der Waals surface area contributed by atoms with E-state index in [2.05, 4.69) is 56.8 Å². The summed E-state index contributed by atoms with van der Waals surface area (Å²) in [5.74, 6) is -0.195. The highest BCUT2D eigenvalue weighted by Gasteiger charge is 2.10. The predicted molar refractivity (Wildman–Crippen MR) is 119 cm³/mol. The highest BCUT2D eigenvalue weighted by atomic mass is 79.9. The van der Waals surface area contributed by atoms with Crippen molar-refractivity contribution >= 4 is 44.3 Å². The predicted octanol–water partition coefficient (Wildman–Crippen LogP) is 3.74. The van der Waals surface area contributed by atoms with Crippen molar-refractivity contribution in [1.82, 2.24) is 9.88 Å². The maximum absolute atomic E-state index is 12.1. The van der Waals surface area contributed by atoms with E-state index in [1.54, 1.807) is 24.4 Å². The average molecular weight is 443 g/mol. The van der Waals surface area contributed by atoms with Gasteiger partial charge in [-0.25, -0.2) is 0 Å². The van der Waals surface area contributed by atoms with Gasteiger partial charge in [-0.05, 0) is 56.6 Å². The Kier molecular flexibility index (Phi) is 6.16. The van der Waals surface area contributed by atoms with Crippen LogP contribution in [0.3, 0.4) is 0 Å². The van der Waals surface area contributed by atoms with Crippen molar-refractivity contribution in [1.29, 1.82) is 0 Å². The van der Waals surface area contributed by atoms with E-state index in [-0.39, 0.29) is 11.4 Å². The number of hydrogen-bond acceptors (Lipinski definition) is 5. The SMILES string of the molecule is CN(C)CCN(C)c1ccc(N=Cc2c(O)[nH]c(=O)c3ccc(Br)cc23)cc1. The van der Waals surface area contributed by atoms with Gasteiger partial charge in [0.05, 0.1) is 11.3 Å². The lowest BCUT2D eigenvalue weighted by Crippen LogP contribution is -2.28. The summed E-state index contributed by atoms with van der Waals surface area (Å²) < 4.78 is 0.824. The monoisotopic (exact) mass is 442 g/mol. The number of nitrogens with zero attached hydrogens (tertiary/aromatic N) is 3. The van der Waals surface area contributed by atoms with Crippen molar-refractivity contribution in [2.75, 3.05) is 39.1 Å². The van der Waals surface area contributed by atoms with E-state index in [0.29, 0.717) is 16.3 Å². The second kappa shape index (κ2) is 8.58. The lowest BCUT2D eigenvalue weighted by molar-refractivity contribution is 0.416. The van der Waals surface area contributed by atoms with Gasteiger partial charge in [0.2, 0.25) is 5.88 Å². The Balaban J connectivity index is 1.86. The molecule has 3 aromatic rings. The molecule has 2 N–H and O–H groups in total. The molecule has 0 aliphatic carbocycles. The van der Waals surface area contributed by atoms with E-state index in [1.807, 2.05) is 24.3 Å². The minimum absolute atomic E-state index is 0.195. The van der Waals surface area contributed by atoms with Crippen molar-refractivity contribution < 1.29 is 5.11 Å². The lowest BCUT2D eigenvalue weighted by Gasteiger charge is -2.21. The van der Waals surface area contributed by atoms with Gasteiger partial charge in [0.25, 0.3) is 5.56 Å². The van der Waals surface area contributed by atoms with Gasteiger partial charge >= 0.3 is 0 Å². The van der Waals surface area contributed by atoms with Gasteiger partial charge in [-0.2, -0.15) is 0 Å². The fourth-order valence-corrected chi connectivity index (χ4v) is 3.21. The zero-order chi connectivity index (χ0) is 20.3. The molecule has 0 atom stereocenters. The topological polar surface area (TPSA) is 71.9 Å². The number of rotatable bonds is 6. The molecule has 146 valence electrons. The summed E-state index contributed by atoms with van der Waals surface area (Å²) >= 11 is 3.41. The Morgan fingerprint density at radius 1 is 1.07 bits per heavy atom. The molecule has 0 saturated heterocycles. The summed E-state index contributed by atoms with van der Waals surface area (Å²) in [6.45, 7) is 1.91. The first kappa shape index (κ1) is 20.1. The minimum atomic E-state index is -0.331. The van der Waals surface area contributed by atoms with E-state index in [1.165, 1.54) is 0 Å². The lowest BCUT2D eigenvalue weighted by atomic mass is 10.1. The second-order valence-electron chi connectivity index (χ2n) is 6.91. The van der Waals surface area contributed by atoms with Crippen LogP contribution in [-0.2, 0) is 0 Å². The van der Waals surface area contributed by atoms with Gasteiger partial charge in [0, 0.05) is 47.3 Å². The fourth-order valence-electron chi connectivity index (χ4n) is 2.85. The molecule has 1 heterocycles. The van der Waals surface area contributed by atoms with E-state index in [9.17, 15) is 9.90 Å². The van der Waals surface area contributed by atoms with Gasteiger partial charge in [-0.15, -0.1) is 0 Å². The van der Waals surface area contributed by atoms with Crippen LogP contribution in [-0.4, -0.2) is 55.4 Å². The summed E-state index contributed by atoms with van der Waals surface area (Å²) in [7, 11) is 6.17. The second-order valence-corrected chi connectivity index (χ2v) is 7.82. The van der Waals surface area contributed by atoms with Crippen LogP contribution in [0.4, 0.5) is 11.4 Å². The molecule has 0 aliphatic rings. The molecule has 0 unspecified atom stereocenters. The fraction of sp³-hybridized carbons (Fsp3) is 0.238. The number of nitrogens with one attached hydrogen (secondary N) is 1. The summed E-state index contributed by atoms with van der Waals surface area (Å²) in [5.41, 5.74) is 2.02. The molecule has 0 fully saturated rings. The number of benzene rings is 2. The molecule has 2 aromatic carbocycles. The third-order valence-corrected chi connectivity index (χ3v) is 5.01. The molecule has 7 heteroatoms. The van der Waals surface area contributed by atoms with Crippen molar-refractivity contribution in [3.63, 3.8) is 0 Å². The first-order chi connectivity index (χ1) is 13.3. The van der Waals surface area contributed by atoms with Crippen molar-refractivity contribution in [3.8, 4) is 5.88 Å². The summed E-state index contributed by atoms with van der Waals surface area (Å²) in [6.07, 6.45) is 1.57. The normalized spacial score (nSPS) is 11.6. The molecule has 3 rings (SSSR count). The first-order valence-electron chi connectivity index (χ1n) is 8.89. The number of fused-ring (bicyclic) bond motifs is 1. The summed E-state index contributed by atoms with van der Waals surface area (Å²) in [5, 5.41) is 11.3. The Labute approximate surface area is 172 Å². The number of aromatic hydroxyl groups is 1.